The highest BCUT2D eigenvalue weighted by molar-refractivity contribution is 6.39. The first-order valence-corrected chi connectivity index (χ1v) is 4.29. The standard InChI is InChI=1S/C9H12N2O2/c1-6(2)4-11-5-7(3-10)8(12)9(11)13/h6-7H,4-5H2,1-2H3/t7-/m1/s1. The molecule has 1 rings (SSSR count). The van der Waals surface area contributed by atoms with Gasteiger partial charge in [-0.15, -0.1) is 0 Å². The minimum absolute atomic E-state index is 0.270. The summed E-state index contributed by atoms with van der Waals surface area (Å²) >= 11 is 0. The molecule has 1 heterocycles. The summed E-state index contributed by atoms with van der Waals surface area (Å²) in [6.45, 7) is 4.77. The Labute approximate surface area is 77.1 Å². The van der Waals surface area contributed by atoms with Gasteiger partial charge in [-0.1, -0.05) is 13.8 Å². The van der Waals surface area contributed by atoms with Crippen molar-refractivity contribution in [2.24, 2.45) is 11.8 Å². The molecule has 4 heteroatoms. The molecule has 1 atom stereocenters. The van der Waals surface area contributed by atoms with E-state index in [1.807, 2.05) is 19.9 Å². The number of carbonyl (C=O) groups excluding carboxylic acids is 2. The van der Waals surface area contributed by atoms with Crippen LogP contribution in [0.15, 0.2) is 0 Å². The highest BCUT2D eigenvalue weighted by Gasteiger charge is 2.38. The minimum atomic E-state index is -0.744. The van der Waals surface area contributed by atoms with Crippen LogP contribution in [0.4, 0.5) is 0 Å². The van der Waals surface area contributed by atoms with Gasteiger partial charge in [0.25, 0.3) is 5.91 Å². The fourth-order valence-corrected chi connectivity index (χ4v) is 1.39. The molecule has 0 aromatic carbocycles. The molecular weight excluding hydrogens is 168 g/mol. The Morgan fingerprint density at radius 1 is 1.62 bits per heavy atom. The number of nitriles is 1. The van der Waals surface area contributed by atoms with Crippen LogP contribution in [0.2, 0.25) is 0 Å². The highest BCUT2D eigenvalue weighted by atomic mass is 16.2. The lowest BCUT2D eigenvalue weighted by atomic mass is 10.1. The molecule has 0 aromatic rings. The van der Waals surface area contributed by atoms with E-state index in [4.69, 9.17) is 5.26 Å². The van der Waals surface area contributed by atoms with Gasteiger partial charge in [-0.3, -0.25) is 9.59 Å². The number of Topliss-reactive ketones (excluding diaryl/α,β-unsaturated/α-hetero) is 1. The van der Waals surface area contributed by atoms with E-state index in [-0.39, 0.29) is 6.54 Å². The van der Waals surface area contributed by atoms with Crippen molar-refractivity contribution in [1.29, 1.82) is 5.26 Å². The quantitative estimate of drug-likeness (QED) is 0.570. The molecule has 0 N–H and O–H groups in total. The van der Waals surface area contributed by atoms with Crippen LogP contribution in [0.25, 0.3) is 0 Å². The molecule has 1 aliphatic rings. The summed E-state index contributed by atoms with van der Waals surface area (Å²) in [7, 11) is 0. The molecule has 0 bridgehead atoms. The normalized spacial score (nSPS) is 22.6. The van der Waals surface area contributed by atoms with Crippen LogP contribution in [0, 0.1) is 23.2 Å². The van der Waals surface area contributed by atoms with E-state index >= 15 is 0 Å². The van der Waals surface area contributed by atoms with Crippen molar-refractivity contribution in [2.45, 2.75) is 13.8 Å². The molecule has 0 aliphatic carbocycles. The van der Waals surface area contributed by atoms with Crippen molar-refractivity contribution in [3.63, 3.8) is 0 Å². The van der Waals surface area contributed by atoms with Crippen molar-refractivity contribution in [1.82, 2.24) is 4.90 Å². The van der Waals surface area contributed by atoms with Crippen LogP contribution in [0.1, 0.15) is 13.8 Å². The smallest absolute Gasteiger partial charge is 0.291 e. The lowest BCUT2D eigenvalue weighted by Crippen LogP contribution is -2.30. The summed E-state index contributed by atoms with van der Waals surface area (Å²) in [4.78, 5) is 23.8. The van der Waals surface area contributed by atoms with E-state index in [1.54, 1.807) is 0 Å². The van der Waals surface area contributed by atoms with Crippen molar-refractivity contribution in [3.05, 3.63) is 0 Å². The number of carbonyl (C=O) groups is 2. The summed E-state index contributed by atoms with van der Waals surface area (Å²) in [5.41, 5.74) is 0. The molecule has 0 saturated carbocycles. The molecule has 4 nitrogen and oxygen atoms in total. The van der Waals surface area contributed by atoms with Gasteiger partial charge in [0.2, 0.25) is 5.78 Å². The zero-order chi connectivity index (χ0) is 10.0. The Kier molecular flexibility index (Phi) is 2.66. The van der Waals surface area contributed by atoms with Gasteiger partial charge in [-0.25, -0.2) is 0 Å². The second-order valence-electron chi connectivity index (χ2n) is 3.65. The maximum Gasteiger partial charge on any atom is 0.291 e. The number of hydrogen-bond acceptors (Lipinski definition) is 3. The molecule has 1 aliphatic heterocycles. The van der Waals surface area contributed by atoms with Crippen LogP contribution in [-0.2, 0) is 9.59 Å². The summed E-state index contributed by atoms with van der Waals surface area (Å²) in [5.74, 6) is -1.47. The van der Waals surface area contributed by atoms with Gasteiger partial charge in [0.05, 0.1) is 6.07 Å². The Bertz CT molecular complexity index is 278. The Morgan fingerprint density at radius 2 is 2.23 bits per heavy atom. The van der Waals surface area contributed by atoms with Gasteiger partial charge in [-0.2, -0.15) is 5.26 Å². The number of nitrogens with zero attached hydrogens (tertiary/aromatic N) is 2. The monoisotopic (exact) mass is 180 g/mol. The molecular formula is C9H12N2O2. The first kappa shape index (κ1) is 9.72. The summed E-state index contributed by atoms with van der Waals surface area (Å²) in [6.07, 6.45) is 0. The molecule has 0 radical (unpaired) electrons. The van der Waals surface area contributed by atoms with Crippen molar-refractivity contribution >= 4 is 11.7 Å². The number of ketones is 1. The third kappa shape index (κ3) is 1.86. The predicted molar refractivity (Wildman–Crippen MR) is 45.5 cm³/mol. The van der Waals surface area contributed by atoms with Crippen LogP contribution >= 0.6 is 0 Å². The fourth-order valence-electron chi connectivity index (χ4n) is 1.39. The summed E-state index contributed by atoms with van der Waals surface area (Å²) in [5, 5.41) is 8.56. The SMILES string of the molecule is CC(C)CN1C[C@@H](C#N)C(=O)C1=O. The van der Waals surface area contributed by atoms with E-state index in [9.17, 15) is 9.59 Å². The molecule has 1 saturated heterocycles. The van der Waals surface area contributed by atoms with Gasteiger partial charge >= 0.3 is 0 Å². The third-order valence-electron chi connectivity index (χ3n) is 1.96. The van der Waals surface area contributed by atoms with E-state index < -0.39 is 17.6 Å². The van der Waals surface area contributed by atoms with Crippen LogP contribution < -0.4 is 0 Å². The van der Waals surface area contributed by atoms with E-state index in [0.717, 1.165) is 0 Å². The second kappa shape index (κ2) is 3.56. The number of amides is 1. The minimum Gasteiger partial charge on any atom is -0.334 e. The molecule has 0 unspecified atom stereocenters. The van der Waals surface area contributed by atoms with Crippen LogP contribution in [-0.4, -0.2) is 29.7 Å². The first-order chi connectivity index (χ1) is 6.06. The zero-order valence-electron chi connectivity index (χ0n) is 7.78. The Hall–Kier alpha value is -1.37. The van der Waals surface area contributed by atoms with Crippen LogP contribution in [0.5, 0.6) is 0 Å². The number of likely N-dealkylation sites (tertiary alicyclic amines) is 1. The molecule has 1 fully saturated rings. The zero-order valence-corrected chi connectivity index (χ0v) is 7.78. The van der Waals surface area contributed by atoms with Crippen molar-refractivity contribution in [2.75, 3.05) is 13.1 Å². The lowest BCUT2D eigenvalue weighted by molar-refractivity contribution is -0.140. The van der Waals surface area contributed by atoms with Crippen LogP contribution in [0.3, 0.4) is 0 Å². The van der Waals surface area contributed by atoms with Gasteiger partial charge in [0.1, 0.15) is 5.92 Å². The average Bonchev–Trinajstić information content (AvgIpc) is 2.32. The van der Waals surface area contributed by atoms with Gasteiger partial charge < -0.3 is 4.90 Å². The highest BCUT2D eigenvalue weighted by Crippen LogP contribution is 2.14. The van der Waals surface area contributed by atoms with Gasteiger partial charge in [0, 0.05) is 13.1 Å². The molecule has 70 valence electrons. The molecule has 1 amide bonds. The predicted octanol–water partition coefficient (Wildman–Crippen LogP) is 0.193. The maximum absolute atomic E-state index is 11.2. The van der Waals surface area contributed by atoms with Gasteiger partial charge in [0.15, 0.2) is 0 Å². The topological polar surface area (TPSA) is 61.2 Å². The van der Waals surface area contributed by atoms with E-state index in [2.05, 4.69) is 0 Å². The number of hydrogen-bond donors (Lipinski definition) is 0. The Balaban J connectivity index is 2.68. The Morgan fingerprint density at radius 3 is 2.62 bits per heavy atom. The summed E-state index contributed by atoms with van der Waals surface area (Å²) < 4.78 is 0. The molecule has 0 spiro atoms. The van der Waals surface area contributed by atoms with E-state index in [0.29, 0.717) is 12.5 Å². The number of rotatable bonds is 2. The summed E-state index contributed by atoms with van der Waals surface area (Å²) in [6, 6.07) is 1.84. The largest absolute Gasteiger partial charge is 0.334 e. The average molecular weight is 180 g/mol. The molecule has 13 heavy (non-hydrogen) atoms. The second-order valence-corrected chi connectivity index (χ2v) is 3.65. The first-order valence-electron chi connectivity index (χ1n) is 4.29. The fraction of sp³-hybridized carbons (Fsp3) is 0.667. The third-order valence-corrected chi connectivity index (χ3v) is 1.96. The van der Waals surface area contributed by atoms with Gasteiger partial charge in [-0.05, 0) is 5.92 Å². The molecule has 0 aromatic heterocycles. The maximum atomic E-state index is 11.2. The lowest BCUT2D eigenvalue weighted by Gasteiger charge is -2.16. The van der Waals surface area contributed by atoms with Crippen molar-refractivity contribution < 1.29 is 9.59 Å². The van der Waals surface area contributed by atoms with Crippen molar-refractivity contribution in [3.8, 4) is 6.07 Å². The van der Waals surface area contributed by atoms with E-state index in [1.165, 1.54) is 4.90 Å².